The third-order valence-corrected chi connectivity index (χ3v) is 1.38. The summed E-state index contributed by atoms with van der Waals surface area (Å²) in [6.07, 6.45) is 1.57. The summed E-state index contributed by atoms with van der Waals surface area (Å²) < 4.78 is 0. The zero-order chi connectivity index (χ0) is 8.27. The quantitative estimate of drug-likeness (QED) is 0.542. The molecule has 1 aromatic heterocycles. The highest BCUT2D eigenvalue weighted by Crippen LogP contribution is 2.08. The molecule has 0 aromatic carbocycles. The van der Waals surface area contributed by atoms with E-state index in [-0.39, 0.29) is 6.61 Å². The molecule has 1 aromatic rings. The van der Waals surface area contributed by atoms with Crippen LogP contribution in [0.15, 0.2) is 18.3 Å². The standard InChI is InChI=1S/C7H11N3O/c8-5-1-2-10-7(3-5)6(9)4-11/h1-3,6,11H,4,9H2,(H2,8,10)/t6-/m1/s1. The Balaban J connectivity index is 2.86. The lowest BCUT2D eigenvalue weighted by atomic mass is 10.2. The fourth-order valence-electron chi connectivity index (χ4n) is 0.762. The Bertz CT molecular complexity index is 239. The number of aliphatic hydroxyl groups is 1. The molecule has 0 radical (unpaired) electrons. The highest BCUT2D eigenvalue weighted by Gasteiger charge is 2.04. The van der Waals surface area contributed by atoms with Gasteiger partial charge in [-0.15, -0.1) is 0 Å². The molecule has 0 fully saturated rings. The van der Waals surface area contributed by atoms with Crippen LogP contribution in [0.25, 0.3) is 0 Å². The minimum absolute atomic E-state index is 0.115. The molecule has 1 heterocycles. The van der Waals surface area contributed by atoms with Gasteiger partial charge in [-0.25, -0.2) is 0 Å². The normalized spacial score (nSPS) is 12.9. The summed E-state index contributed by atoms with van der Waals surface area (Å²) in [7, 11) is 0. The molecule has 11 heavy (non-hydrogen) atoms. The SMILES string of the molecule is Nc1ccnc([C@H](N)CO)c1. The van der Waals surface area contributed by atoms with Crippen LogP contribution in [0.2, 0.25) is 0 Å². The maximum atomic E-state index is 8.67. The van der Waals surface area contributed by atoms with Crippen LogP contribution in [0.3, 0.4) is 0 Å². The molecule has 1 atom stereocenters. The zero-order valence-electron chi connectivity index (χ0n) is 6.07. The van der Waals surface area contributed by atoms with Crippen LogP contribution in [-0.2, 0) is 0 Å². The minimum Gasteiger partial charge on any atom is -0.399 e. The van der Waals surface area contributed by atoms with Crippen molar-refractivity contribution in [2.75, 3.05) is 12.3 Å². The second kappa shape index (κ2) is 3.32. The van der Waals surface area contributed by atoms with Crippen molar-refractivity contribution in [2.45, 2.75) is 6.04 Å². The van der Waals surface area contributed by atoms with Crippen molar-refractivity contribution in [3.8, 4) is 0 Å². The van der Waals surface area contributed by atoms with Gasteiger partial charge in [0.25, 0.3) is 0 Å². The summed E-state index contributed by atoms with van der Waals surface area (Å²) in [6, 6.07) is 2.90. The number of nitrogens with two attached hydrogens (primary N) is 2. The number of hydrogen-bond donors (Lipinski definition) is 3. The predicted molar refractivity (Wildman–Crippen MR) is 42.7 cm³/mol. The van der Waals surface area contributed by atoms with Gasteiger partial charge in [-0.3, -0.25) is 4.98 Å². The first-order valence-electron chi connectivity index (χ1n) is 3.32. The summed E-state index contributed by atoms with van der Waals surface area (Å²) in [6.45, 7) is -0.115. The Labute approximate surface area is 64.9 Å². The molecule has 1 rings (SSSR count). The molecule has 0 aliphatic rings. The average molecular weight is 153 g/mol. The van der Waals surface area contributed by atoms with Crippen LogP contribution in [0.4, 0.5) is 5.69 Å². The van der Waals surface area contributed by atoms with Gasteiger partial charge in [-0.05, 0) is 12.1 Å². The monoisotopic (exact) mass is 153 g/mol. The van der Waals surface area contributed by atoms with Crippen molar-refractivity contribution < 1.29 is 5.11 Å². The molecular weight excluding hydrogens is 142 g/mol. The molecule has 60 valence electrons. The molecule has 5 N–H and O–H groups in total. The number of nitrogens with zero attached hydrogens (tertiary/aromatic N) is 1. The maximum absolute atomic E-state index is 8.67. The Morgan fingerprint density at radius 2 is 2.36 bits per heavy atom. The number of pyridine rings is 1. The number of aromatic nitrogens is 1. The number of rotatable bonds is 2. The summed E-state index contributed by atoms with van der Waals surface area (Å²) in [5, 5.41) is 8.67. The Hall–Kier alpha value is -1.13. The summed E-state index contributed by atoms with van der Waals surface area (Å²) in [5.74, 6) is 0. The number of nitrogen functional groups attached to an aromatic ring is 1. The van der Waals surface area contributed by atoms with Gasteiger partial charge in [0.15, 0.2) is 0 Å². The van der Waals surface area contributed by atoms with E-state index in [0.717, 1.165) is 0 Å². The Morgan fingerprint density at radius 3 is 2.91 bits per heavy atom. The van der Waals surface area contributed by atoms with Gasteiger partial charge in [-0.2, -0.15) is 0 Å². The van der Waals surface area contributed by atoms with Gasteiger partial charge < -0.3 is 16.6 Å². The molecule has 4 heteroatoms. The van der Waals surface area contributed by atoms with Gasteiger partial charge >= 0.3 is 0 Å². The van der Waals surface area contributed by atoms with Crippen molar-refractivity contribution >= 4 is 5.69 Å². The van der Waals surface area contributed by atoms with Crippen molar-refractivity contribution in [2.24, 2.45) is 5.73 Å². The van der Waals surface area contributed by atoms with Gasteiger partial charge in [-0.1, -0.05) is 0 Å². The number of aliphatic hydroxyl groups excluding tert-OH is 1. The Kier molecular flexibility index (Phi) is 2.40. The van der Waals surface area contributed by atoms with Crippen LogP contribution in [0, 0.1) is 0 Å². The lowest BCUT2D eigenvalue weighted by Gasteiger charge is -2.06. The number of anilines is 1. The summed E-state index contributed by atoms with van der Waals surface area (Å²) >= 11 is 0. The van der Waals surface area contributed by atoms with Crippen LogP contribution in [0.5, 0.6) is 0 Å². The summed E-state index contributed by atoms with van der Waals surface area (Å²) in [4.78, 5) is 3.95. The smallest absolute Gasteiger partial charge is 0.0705 e. The van der Waals surface area contributed by atoms with Gasteiger partial charge in [0.1, 0.15) is 0 Å². The van der Waals surface area contributed by atoms with E-state index in [1.165, 1.54) is 0 Å². The van der Waals surface area contributed by atoms with E-state index in [9.17, 15) is 0 Å². The van der Waals surface area contributed by atoms with Crippen LogP contribution in [0.1, 0.15) is 11.7 Å². The highest BCUT2D eigenvalue weighted by molar-refractivity contribution is 5.37. The lowest BCUT2D eigenvalue weighted by molar-refractivity contribution is 0.266. The fraction of sp³-hybridized carbons (Fsp3) is 0.286. The molecule has 0 aliphatic carbocycles. The second-order valence-corrected chi connectivity index (χ2v) is 2.30. The molecule has 0 spiro atoms. The average Bonchev–Trinajstić information content (AvgIpc) is 2.03. The van der Waals surface area contributed by atoms with Gasteiger partial charge in [0.05, 0.1) is 18.3 Å². The van der Waals surface area contributed by atoms with E-state index in [2.05, 4.69) is 4.98 Å². The van der Waals surface area contributed by atoms with Crippen molar-refractivity contribution in [1.29, 1.82) is 0 Å². The van der Waals surface area contributed by atoms with Crippen molar-refractivity contribution in [1.82, 2.24) is 4.98 Å². The van der Waals surface area contributed by atoms with E-state index in [1.54, 1.807) is 18.3 Å². The lowest BCUT2D eigenvalue weighted by Crippen LogP contribution is -2.16. The van der Waals surface area contributed by atoms with E-state index in [1.807, 2.05) is 0 Å². The molecule has 0 bridgehead atoms. The first-order chi connectivity index (χ1) is 5.24. The molecular formula is C7H11N3O. The van der Waals surface area contributed by atoms with Gasteiger partial charge in [0.2, 0.25) is 0 Å². The first-order valence-corrected chi connectivity index (χ1v) is 3.32. The van der Waals surface area contributed by atoms with E-state index in [4.69, 9.17) is 16.6 Å². The van der Waals surface area contributed by atoms with E-state index in [0.29, 0.717) is 11.4 Å². The molecule has 0 aliphatic heterocycles. The maximum Gasteiger partial charge on any atom is 0.0705 e. The van der Waals surface area contributed by atoms with E-state index >= 15 is 0 Å². The molecule has 4 nitrogen and oxygen atoms in total. The molecule has 0 unspecified atom stereocenters. The molecule has 0 saturated heterocycles. The van der Waals surface area contributed by atoms with Crippen molar-refractivity contribution in [3.05, 3.63) is 24.0 Å². The van der Waals surface area contributed by atoms with Gasteiger partial charge in [0, 0.05) is 11.9 Å². The number of hydrogen-bond acceptors (Lipinski definition) is 4. The highest BCUT2D eigenvalue weighted by atomic mass is 16.3. The molecule has 0 amide bonds. The first kappa shape index (κ1) is 7.97. The third kappa shape index (κ3) is 1.89. The van der Waals surface area contributed by atoms with E-state index < -0.39 is 6.04 Å². The summed E-state index contributed by atoms with van der Waals surface area (Å²) in [5.41, 5.74) is 12.2. The second-order valence-electron chi connectivity index (χ2n) is 2.30. The van der Waals surface area contributed by atoms with Crippen LogP contribution in [-0.4, -0.2) is 16.7 Å². The topological polar surface area (TPSA) is 85.2 Å². The third-order valence-electron chi connectivity index (χ3n) is 1.38. The van der Waals surface area contributed by atoms with Crippen LogP contribution < -0.4 is 11.5 Å². The fourth-order valence-corrected chi connectivity index (χ4v) is 0.762. The minimum atomic E-state index is -0.432. The van der Waals surface area contributed by atoms with Crippen LogP contribution >= 0.6 is 0 Å². The molecule has 0 saturated carbocycles. The zero-order valence-corrected chi connectivity index (χ0v) is 6.07. The van der Waals surface area contributed by atoms with Crippen molar-refractivity contribution in [3.63, 3.8) is 0 Å². The predicted octanol–water partition coefficient (Wildman–Crippen LogP) is -0.344. The largest absolute Gasteiger partial charge is 0.399 e. The Morgan fingerprint density at radius 1 is 1.64 bits per heavy atom.